The zero-order valence-electron chi connectivity index (χ0n) is 12.3. The zero-order chi connectivity index (χ0) is 15.4. The van der Waals surface area contributed by atoms with Gasteiger partial charge in [0.1, 0.15) is 11.3 Å². The highest BCUT2D eigenvalue weighted by atomic mass is 79.9. The average molecular weight is 367 g/mol. The first-order valence-electron chi connectivity index (χ1n) is 7.70. The predicted octanol–water partition coefficient (Wildman–Crippen LogP) is 4.28. The summed E-state index contributed by atoms with van der Waals surface area (Å²) in [6, 6.07) is 6.92. The highest BCUT2D eigenvalue weighted by molar-refractivity contribution is 9.10. The topological polar surface area (TPSA) is 48.7 Å². The maximum absolute atomic E-state index is 11.6. The molecular weight excluding hydrogens is 348 g/mol. The monoisotopic (exact) mass is 366 g/mol. The van der Waals surface area contributed by atoms with Gasteiger partial charge in [-0.25, -0.2) is 4.79 Å². The van der Waals surface area contributed by atoms with Crippen LogP contribution in [-0.4, -0.2) is 19.3 Å². The molecule has 1 unspecified atom stereocenters. The summed E-state index contributed by atoms with van der Waals surface area (Å²) in [5.74, 6) is 0.581. The summed E-state index contributed by atoms with van der Waals surface area (Å²) < 4.78 is 17.6. The van der Waals surface area contributed by atoms with Gasteiger partial charge in [-0.05, 0) is 50.3 Å². The molecule has 0 saturated carbocycles. The van der Waals surface area contributed by atoms with E-state index in [4.69, 9.17) is 13.9 Å². The van der Waals surface area contributed by atoms with Crippen LogP contribution in [0.1, 0.15) is 32.1 Å². The number of hydrogen-bond donors (Lipinski definition) is 0. The van der Waals surface area contributed by atoms with Gasteiger partial charge in [-0.1, -0.05) is 15.9 Å². The Kier molecular flexibility index (Phi) is 5.16. The van der Waals surface area contributed by atoms with E-state index in [9.17, 15) is 4.79 Å². The number of benzene rings is 1. The molecule has 1 aliphatic heterocycles. The van der Waals surface area contributed by atoms with Gasteiger partial charge < -0.3 is 13.9 Å². The Bertz CT molecular complexity index is 689. The Balaban J connectivity index is 1.63. The number of hydrogen-bond acceptors (Lipinski definition) is 4. The quantitative estimate of drug-likeness (QED) is 0.585. The van der Waals surface area contributed by atoms with Crippen molar-refractivity contribution in [1.29, 1.82) is 0 Å². The first-order valence-corrected chi connectivity index (χ1v) is 8.49. The highest BCUT2D eigenvalue weighted by Gasteiger charge is 2.13. The average Bonchev–Trinajstić information content (AvgIpc) is 2.53. The minimum absolute atomic E-state index is 0.365. The lowest BCUT2D eigenvalue weighted by atomic mass is 10.1. The molecule has 1 aromatic carbocycles. The third-order valence-corrected chi connectivity index (χ3v) is 4.36. The van der Waals surface area contributed by atoms with E-state index in [2.05, 4.69) is 15.9 Å². The summed E-state index contributed by atoms with van der Waals surface area (Å²) in [5.41, 5.74) is 0.154. The molecule has 1 fully saturated rings. The Morgan fingerprint density at radius 3 is 3.00 bits per heavy atom. The van der Waals surface area contributed by atoms with Crippen LogP contribution < -0.4 is 10.4 Å². The summed E-state index contributed by atoms with van der Waals surface area (Å²) >= 11 is 3.43. The van der Waals surface area contributed by atoms with Gasteiger partial charge in [0.05, 0.1) is 24.2 Å². The molecule has 0 aliphatic carbocycles. The van der Waals surface area contributed by atoms with Crippen molar-refractivity contribution in [1.82, 2.24) is 0 Å². The van der Waals surface area contributed by atoms with E-state index >= 15 is 0 Å². The van der Waals surface area contributed by atoms with Crippen molar-refractivity contribution in [3.8, 4) is 5.75 Å². The fraction of sp³-hybridized carbons (Fsp3) is 0.471. The molecule has 2 aromatic rings. The summed E-state index contributed by atoms with van der Waals surface area (Å²) in [7, 11) is 0. The molecule has 3 rings (SSSR count). The van der Waals surface area contributed by atoms with E-state index in [-0.39, 0.29) is 5.63 Å². The minimum Gasteiger partial charge on any atom is -0.493 e. The van der Waals surface area contributed by atoms with Crippen LogP contribution in [0, 0.1) is 0 Å². The Hall–Kier alpha value is -1.33. The Labute approximate surface area is 137 Å². The first kappa shape index (κ1) is 15.6. The molecule has 0 N–H and O–H groups in total. The molecule has 1 atom stereocenters. The Morgan fingerprint density at radius 1 is 1.27 bits per heavy atom. The van der Waals surface area contributed by atoms with Crippen LogP contribution in [0.3, 0.4) is 0 Å². The maximum Gasteiger partial charge on any atom is 0.339 e. The summed E-state index contributed by atoms with van der Waals surface area (Å²) in [5, 5.41) is 0.808. The summed E-state index contributed by atoms with van der Waals surface area (Å²) in [6.07, 6.45) is 5.86. The third-order valence-electron chi connectivity index (χ3n) is 3.87. The second-order valence-corrected chi connectivity index (χ2v) is 6.47. The number of ether oxygens (including phenoxy) is 2. The van der Waals surface area contributed by atoms with E-state index in [1.807, 2.05) is 12.1 Å². The van der Waals surface area contributed by atoms with Gasteiger partial charge in [-0.15, -0.1) is 0 Å². The molecule has 0 radical (unpaired) electrons. The van der Waals surface area contributed by atoms with Crippen molar-refractivity contribution in [3.05, 3.63) is 39.2 Å². The Morgan fingerprint density at radius 2 is 2.18 bits per heavy atom. The SMILES string of the molecule is O=c1cc(OCCCC2CCCCO2)c2cc(Br)ccc2o1. The standard InChI is InChI=1S/C17H19BrO4/c18-12-6-7-15-14(10-12)16(11-17(19)22-15)21-9-3-5-13-4-1-2-8-20-13/h6-7,10-11,13H,1-5,8-9H2. The van der Waals surface area contributed by atoms with Gasteiger partial charge >= 0.3 is 5.63 Å². The second-order valence-electron chi connectivity index (χ2n) is 5.55. The smallest absolute Gasteiger partial charge is 0.339 e. The number of rotatable bonds is 5. The van der Waals surface area contributed by atoms with Crippen LogP contribution in [0.15, 0.2) is 37.9 Å². The lowest BCUT2D eigenvalue weighted by Crippen LogP contribution is -2.19. The molecule has 2 heterocycles. The van der Waals surface area contributed by atoms with Gasteiger partial charge in [0.2, 0.25) is 0 Å². The normalized spacial score (nSPS) is 18.5. The van der Waals surface area contributed by atoms with Crippen molar-refractivity contribution >= 4 is 26.9 Å². The highest BCUT2D eigenvalue weighted by Crippen LogP contribution is 2.27. The lowest BCUT2D eigenvalue weighted by molar-refractivity contribution is 0.00825. The largest absolute Gasteiger partial charge is 0.493 e. The molecule has 0 spiro atoms. The van der Waals surface area contributed by atoms with Crippen molar-refractivity contribution in [2.75, 3.05) is 13.2 Å². The van der Waals surface area contributed by atoms with Crippen LogP contribution in [-0.2, 0) is 4.74 Å². The van der Waals surface area contributed by atoms with Crippen molar-refractivity contribution in [2.24, 2.45) is 0 Å². The van der Waals surface area contributed by atoms with E-state index < -0.39 is 0 Å². The fourth-order valence-corrected chi connectivity index (χ4v) is 3.12. The second kappa shape index (κ2) is 7.29. The van der Waals surface area contributed by atoms with Crippen LogP contribution >= 0.6 is 15.9 Å². The summed E-state index contributed by atoms with van der Waals surface area (Å²) in [4.78, 5) is 11.6. The van der Waals surface area contributed by atoms with Crippen molar-refractivity contribution in [2.45, 2.75) is 38.2 Å². The van der Waals surface area contributed by atoms with Crippen LogP contribution in [0.4, 0.5) is 0 Å². The third kappa shape index (κ3) is 3.90. The van der Waals surface area contributed by atoms with Gasteiger partial charge in [0.15, 0.2) is 0 Å². The van der Waals surface area contributed by atoms with Crippen molar-refractivity contribution < 1.29 is 13.9 Å². The number of halogens is 1. The zero-order valence-corrected chi connectivity index (χ0v) is 13.9. The van der Waals surface area contributed by atoms with Crippen LogP contribution in [0.2, 0.25) is 0 Å². The van der Waals surface area contributed by atoms with E-state index in [0.29, 0.717) is 24.0 Å². The molecule has 118 valence electrons. The molecule has 5 heteroatoms. The van der Waals surface area contributed by atoms with Crippen LogP contribution in [0.5, 0.6) is 5.75 Å². The summed E-state index contributed by atoms with van der Waals surface area (Å²) in [6.45, 7) is 1.45. The van der Waals surface area contributed by atoms with E-state index in [0.717, 1.165) is 35.7 Å². The van der Waals surface area contributed by atoms with Gasteiger partial charge in [0, 0.05) is 11.1 Å². The molecule has 1 aromatic heterocycles. The van der Waals surface area contributed by atoms with Crippen LogP contribution in [0.25, 0.3) is 11.0 Å². The fourth-order valence-electron chi connectivity index (χ4n) is 2.75. The van der Waals surface area contributed by atoms with Gasteiger partial charge in [-0.2, -0.15) is 0 Å². The molecule has 22 heavy (non-hydrogen) atoms. The lowest BCUT2D eigenvalue weighted by Gasteiger charge is -2.22. The van der Waals surface area contributed by atoms with Gasteiger partial charge in [-0.3, -0.25) is 0 Å². The molecule has 0 bridgehead atoms. The molecule has 4 nitrogen and oxygen atoms in total. The maximum atomic E-state index is 11.6. The predicted molar refractivity (Wildman–Crippen MR) is 88.5 cm³/mol. The molecule has 1 aliphatic rings. The van der Waals surface area contributed by atoms with Gasteiger partial charge in [0.25, 0.3) is 0 Å². The first-order chi connectivity index (χ1) is 10.7. The van der Waals surface area contributed by atoms with E-state index in [1.54, 1.807) is 6.07 Å². The minimum atomic E-state index is -0.388. The number of fused-ring (bicyclic) bond motifs is 1. The molecule has 0 amide bonds. The molecule has 1 saturated heterocycles. The molecular formula is C17H19BrO4. The van der Waals surface area contributed by atoms with Crippen molar-refractivity contribution in [3.63, 3.8) is 0 Å². The van der Waals surface area contributed by atoms with E-state index in [1.165, 1.54) is 18.9 Å².